The van der Waals surface area contributed by atoms with E-state index in [9.17, 15) is 0 Å². The summed E-state index contributed by atoms with van der Waals surface area (Å²) < 4.78 is 2.85. The number of hydrogen-bond donors (Lipinski definition) is 1. The van der Waals surface area contributed by atoms with Gasteiger partial charge < -0.3 is 10.2 Å². The Kier molecular flexibility index (Phi) is 4.26. The molecule has 0 aliphatic heterocycles. The van der Waals surface area contributed by atoms with Gasteiger partial charge in [-0.2, -0.15) is 5.10 Å². The van der Waals surface area contributed by atoms with Gasteiger partial charge in [0.25, 0.3) is 0 Å². The van der Waals surface area contributed by atoms with Crippen molar-refractivity contribution in [1.29, 1.82) is 0 Å². The third-order valence-electron chi connectivity index (χ3n) is 3.61. The number of halogens is 1. The Morgan fingerprint density at radius 3 is 2.90 bits per heavy atom. The van der Waals surface area contributed by atoms with E-state index in [0.29, 0.717) is 6.04 Å². The molecule has 2 aromatic rings. The second kappa shape index (κ2) is 6.15. The van der Waals surface area contributed by atoms with Crippen molar-refractivity contribution in [2.45, 2.75) is 32.0 Å². The maximum absolute atomic E-state index is 4.59. The van der Waals surface area contributed by atoms with E-state index in [-0.39, 0.29) is 0 Å². The molecule has 112 valence electrons. The molecule has 0 amide bonds. The minimum absolute atomic E-state index is 0.695. The molecule has 0 spiro atoms. The van der Waals surface area contributed by atoms with Crippen LogP contribution in [0.1, 0.15) is 24.0 Å². The highest BCUT2D eigenvalue weighted by Crippen LogP contribution is 2.24. The first-order valence-electron chi connectivity index (χ1n) is 7.18. The minimum Gasteiger partial charge on any atom is -0.355 e. The molecule has 5 nitrogen and oxygen atoms in total. The minimum atomic E-state index is 0.695. The van der Waals surface area contributed by atoms with Gasteiger partial charge in [-0.15, -0.1) is 0 Å². The molecule has 1 fully saturated rings. The lowest BCUT2D eigenvalue weighted by atomic mass is 10.2. The van der Waals surface area contributed by atoms with Gasteiger partial charge in [0.15, 0.2) is 0 Å². The average molecular weight is 350 g/mol. The first-order chi connectivity index (χ1) is 10.1. The van der Waals surface area contributed by atoms with Crippen molar-refractivity contribution in [3.8, 4) is 0 Å². The largest absolute Gasteiger partial charge is 0.355 e. The second-order valence-corrected chi connectivity index (χ2v) is 6.59. The molecule has 1 aliphatic rings. The monoisotopic (exact) mass is 349 g/mol. The molecule has 0 unspecified atom stereocenters. The molecular formula is C15H20BrN5. The van der Waals surface area contributed by atoms with Crippen LogP contribution in [-0.2, 0) is 20.1 Å². The molecule has 1 aliphatic carbocycles. The highest BCUT2D eigenvalue weighted by Gasteiger charge is 2.21. The standard InChI is InChI=1S/C15H20BrN5/c1-20(9-11-6-19-21(2)10-11)15-12(5-13(16)8-18-15)7-17-14-3-4-14/h5-6,8,10,14,17H,3-4,7,9H2,1-2H3. The highest BCUT2D eigenvalue weighted by molar-refractivity contribution is 9.10. The summed E-state index contributed by atoms with van der Waals surface area (Å²) in [6.45, 7) is 1.67. The smallest absolute Gasteiger partial charge is 0.133 e. The van der Waals surface area contributed by atoms with Gasteiger partial charge in [-0.3, -0.25) is 4.68 Å². The Morgan fingerprint density at radius 1 is 1.43 bits per heavy atom. The molecule has 0 bridgehead atoms. The zero-order valence-electron chi connectivity index (χ0n) is 12.4. The summed E-state index contributed by atoms with van der Waals surface area (Å²) in [6.07, 6.45) is 8.38. The van der Waals surface area contributed by atoms with E-state index in [1.54, 1.807) is 0 Å². The predicted molar refractivity (Wildman–Crippen MR) is 87.1 cm³/mol. The van der Waals surface area contributed by atoms with E-state index >= 15 is 0 Å². The summed E-state index contributed by atoms with van der Waals surface area (Å²) in [7, 11) is 4.01. The lowest BCUT2D eigenvalue weighted by molar-refractivity contribution is 0.682. The number of hydrogen-bond acceptors (Lipinski definition) is 4. The van der Waals surface area contributed by atoms with Crippen LogP contribution in [0.2, 0.25) is 0 Å². The Balaban J connectivity index is 1.75. The van der Waals surface area contributed by atoms with Crippen molar-refractivity contribution in [3.63, 3.8) is 0 Å². The SMILES string of the molecule is CN(Cc1cnn(C)c1)c1ncc(Br)cc1CNC1CC1. The van der Waals surface area contributed by atoms with Crippen LogP contribution in [0.15, 0.2) is 29.1 Å². The Bertz CT molecular complexity index is 620. The zero-order valence-corrected chi connectivity index (χ0v) is 14.0. The van der Waals surface area contributed by atoms with Crippen LogP contribution >= 0.6 is 15.9 Å². The normalized spacial score (nSPS) is 14.4. The molecule has 2 aromatic heterocycles. The number of rotatable bonds is 6. The summed E-state index contributed by atoms with van der Waals surface area (Å²) in [5.74, 6) is 1.02. The fraction of sp³-hybridized carbons (Fsp3) is 0.467. The molecule has 6 heteroatoms. The first-order valence-corrected chi connectivity index (χ1v) is 7.97. The quantitative estimate of drug-likeness (QED) is 0.870. The van der Waals surface area contributed by atoms with Crippen LogP contribution in [0, 0.1) is 0 Å². The van der Waals surface area contributed by atoms with Crippen molar-refractivity contribution in [2.75, 3.05) is 11.9 Å². The van der Waals surface area contributed by atoms with Gasteiger partial charge in [-0.1, -0.05) is 0 Å². The summed E-state index contributed by atoms with van der Waals surface area (Å²) in [6, 6.07) is 2.85. The van der Waals surface area contributed by atoms with Crippen molar-refractivity contribution in [1.82, 2.24) is 20.1 Å². The Hall–Kier alpha value is -1.40. The lowest BCUT2D eigenvalue weighted by Gasteiger charge is -2.21. The molecule has 2 heterocycles. The predicted octanol–water partition coefficient (Wildman–Crippen LogP) is 2.47. The maximum Gasteiger partial charge on any atom is 0.133 e. The number of pyridine rings is 1. The van der Waals surface area contributed by atoms with Crippen LogP contribution in [-0.4, -0.2) is 27.9 Å². The maximum atomic E-state index is 4.59. The van der Waals surface area contributed by atoms with Crippen molar-refractivity contribution in [2.24, 2.45) is 7.05 Å². The van der Waals surface area contributed by atoms with Crippen LogP contribution in [0.4, 0.5) is 5.82 Å². The van der Waals surface area contributed by atoms with Gasteiger partial charge in [0.05, 0.1) is 6.20 Å². The van der Waals surface area contributed by atoms with E-state index in [0.717, 1.165) is 23.4 Å². The number of anilines is 1. The molecule has 1 N–H and O–H groups in total. The fourth-order valence-electron chi connectivity index (χ4n) is 2.39. The second-order valence-electron chi connectivity index (χ2n) is 5.67. The molecule has 0 saturated heterocycles. The van der Waals surface area contributed by atoms with E-state index in [1.807, 2.05) is 30.3 Å². The molecule has 21 heavy (non-hydrogen) atoms. The van der Waals surface area contributed by atoms with Crippen LogP contribution < -0.4 is 10.2 Å². The van der Waals surface area contributed by atoms with Crippen LogP contribution in [0.5, 0.6) is 0 Å². The van der Waals surface area contributed by atoms with E-state index in [4.69, 9.17) is 0 Å². The van der Waals surface area contributed by atoms with Crippen molar-refractivity contribution in [3.05, 3.63) is 40.3 Å². The third-order valence-corrected chi connectivity index (χ3v) is 4.04. The van der Waals surface area contributed by atoms with Gasteiger partial charge in [-0.05, 0) is 34.8 Å². The molecule has 1 saturated carbocycles. The summed E-state index contributed by atoms with van der Waals surface area (Å²) in [4.78, 5) is 6.77. The molecule has 0 radical (unpaired) electrons. The number of aromatic nitrogens is 3. The third kappa shape index (κ3) is 3.83. The number of nitrogens with zero attached hydrogens (tertiary/aromatic N) is 4. The van der Waals surface area contributed by atoms with E-state index in [2.05, 4.69) is 49.3 Å². The number of aryl methyl sites for hydroxylation is 1. The molecule has 0 atom stereocenters. The Labute approximate surface area is 133 Å². The summed E-state index contributed by atoms with van der Waals surface area (Å²) in [5, 5.41) is 7.78. The van der Waals surface area contributed by atoms with Crippen LogP contribution in [0.3, 0.4) is 0 Å². The highest BCUT2D eigenvalue weighted by atomic mass is 79.9. The summed E-state index contributed by atoms with van der Waals surface area (Å²) in [5.41, 5.74) is 2.41. The van der Waals surface area contributed by atoms with E-state index in [1.165, 1.54) is 24.0 Å². The van der Waals surface area contributed by atoms with Crippen LogP contribution in [0.25, 0.3) is 0 Å². The fourth-order valence-corrected chi connectivity index (χ4v) is 2.77. The van der Waals surface area contributed by atoms with Gasteiger partial charge in [-0.25, -0.2) is 4.98 Å². The summed E-state index contributed by atoms with van der Waals surface area (Å²) >= 11 is 3.52. The van der Waals surface area contributed by atoms with Crippen molar-refractivity contribution < 1.29 is 0 Å². The van der Waals surface area contributed by atoms with Gasteiger partial charge in [0.2, 0.25) is 0 Å². The zero-order chi connectivity index (χ0) is 14.8. The van der Waals surface area contributed by atoms with E-state index < -0.39 is 0 Å². The van der Waals surface area contributed by atoms with Gasteiger partial charge >= 0.3 is 0 Å². The lowest BCUT2D eigenvalue weighted by Crippen LogP contribution is -2.22. The van der Waals surface area contributed by atoms with Crippen molar-refractivity contribution >= 4 is 21.7 Å². The Morgan fingerprint density at radius 2 is 2.24 bits per heavy atom. The number of nitrogens with one attached hydrogen (secondary N) is 1. The van der Waals surface area contributed by atoms with Gasteiger partial charge in [0.1, 0.15) is 5.82 Å². The molecule has 3 rings (SSSR count). The first kappa shape index (κ1) is 14.5. The molecular weight excluding hydrogens is 330 g/mol. The molecule has 0 aromatic carbocycles. The topological polar surface area (TPSA) is 46.0 Å². The average Bonchev–Trinajstić information content (AvgIpc) is 3.19. The van der Waals surface area contributed by atoms with Gasteiger partial charge in [0, 0.05) is 61.2 Å².